The average molecular weight is 313 g/mol. The summed E-state index contributed by atoms with van der Waals surface area (Å²) in [6.45, 7) is 12.0. The molecule has 21 heavy (non-hydrogen) atoms. The van der Waals surface area contributed by atoms with Crippen LogP contribution in [0.5, 0.6) is 0 Å². The number of nitrogens with zero attached hydrogens (tertiary/aromatic N) is 1. The van der Waals surface area contributed by atoms with E-state index in [1.807, 2.05) is 0 Å². The molecular weight excluding hydrogens is 282 g/mol. The summed E-state index contributed by atoms with van der Waals surface area (Å²) in [5.74, 6) is 0.486. The Morgan fingerprint density at radius 3 is 2.48 bits per heavy atom. The Labute approximate surface area is 129 Å². The molecule has 0 unspecified atom stereocenters. The minimum absolute atomic E-state index is 0.128. The van der Waals surface area contributed by atoms with E-state index >= 15 is 0 Å². The Bertz CT molecular complexity index is 441. The molecule has 0 N–H and O–H groups in total. The van der Waals surface area contributed by atoms with Crippen LogP contribution in [0, 0.1) is 5.92 Å². The van der Waals surface area contributed by atoms with E-state index in [4.69, 9.17) is 13.6 Å². The summed E-state index contributed by atoms with van der Waals surface area (Å²) in [6.07, 6.45) is 2.88. The average Bonchev–Trinajstić information content (AvgIpc) is 2.86. The highest BCUT2D eigenvalue weighted by molar-refractivity contribution is 6.70. The van der Waals surface area contributed by atoms with Crippen LogP contribution in [0.1, 0.15) is 47.5 Å². The third kappa shape index (κ3) is 2.16. The van der Waals surface area contributed by atoms with E-state index in [-0.39, 0.29) is 18.4 Å². The minimum atomic E-state index is -2.22. The molecular formula is C16H30NO3Si+. The van der Waals surface area contributed by atoms with E-state index in [1.54, 1.807) is 0 Å². The van der Waals surface area contributed by atoms with E-state index < -0.39 is 8.56 Å². The Morgan fingerprint density at radius 2 is 1.90 bits per heavy atom. The minimum Gasteiger partial charge on any atom is -0.387 e. The third-order valence-electron chi connectivity index (χ3n) is 5.53. The fourth-order valence-corrected chi connectivity index (χ4v) is 8.11. The van der Waals surface area contributed by atoms with Gasteiger partial charge in [-0.2, -0.15) is 0 Å². The first-order valence-corrected chi connectivity index (χ1v) is 10.4. The fourth-order valence-electron chi connectivity index (χ4n) is 4.41. The van der Waals surface area contributed by atoms with E-state index in [0.29, 0.717) is 23.6 Å². The van der Waals surface area contributed by atoms with Crippen molar-refractivity contribution in [1.29, 1.82) is 0 Å². The van der Waals surface area contributed by atoms with Gasteiger partial charge < -0.3 is 13.6 Å². The first-order valence-electron chi connectivity index (χ1n) is 8.48. The van der Waals surface area contributed by atoms with Crippen molar-refractivity contribution in [2.24, 2.45) is 5.92 Å². The first kappa shape index (κ1) is 15.7. The lowest BCUT2D eigenvalue weighted by molar-refractivity contribution is -0.577. The Kier molecular flexibility index (Phi) is 4.06. The smallest absolute Gasteiger partial charge is 0.344 e. The van der Waals surface area contributed by atoms with Crippen molar-refractivity contribution in [2.45, 2.75) is 77.0 Å². The van der Waals surface area contributed by atoms with Crippen LogP contribution in [0.2, 0.25) is 11.1 Å². The summed E-state index contributed by atoms with van der Waals surface area (Å²) >= 11 is 0. The highest BCUT2D eigenvalue weighted by Crippen LogP contribution is 2.46. The molecule has 0 amide bonds. The summed E-state index contributed by atoms with van der Waals surface area (Å²) in [6, 6.07) is 0. The van der Waals surface area contributed by atoms with Crippen LogP contribution >= 0.6 is 0 Å². The van der Waals surface area contributed by atoms with E-state index in [1.165, 1.54) is 18.6 Å². The molecule has 3 rings (SSSR count). The van der Waals surface area contributed by atoms with Crippen LogP contribution in [-0.4, -0.2) is 50.9 Å². The summed E-state index contributed by atoms with van der Waals surface area (Å²) in [5.41, 5.74) is 2.22. The molecule has 4 atom stereocenters. The van der Waals surface area contributed by atoms with Gasteiger partial charge >= 0.3 is 8.56 Å². The lowest BCUT2D eigenvalue weighted by atomic mass is 9.90. The molecule has 2 fully saturated rings. The Morgan fingerprint density at radius 1 is 1.24 bits per heavy atom. The molecule has 0 aromatic carbocycles. The number of hydrogen-bond donors (Lipinski definition) is 0. The van der Waals surface area contributed by atoms with Crippen molar-refractivity contribution in [3.63, 3.8) is 0 Å². The summed E-state index contributed by atoms with van der Waals surface area (Å²) < 4.78 is 21.9. The van der Waals surface area contributed by atoms with Gasteiger partial charge in [0.2, 0.25) is 5.71 Å². The zero-order valence-electron chi connectivity index (χ0n) is 14.3. The van der Waals surface area contributed by atoms with E-state index in [2.05, 4.69) is 46.2 Å². The van der Waals surface area contributed by atoms with Gasteiger partial charge in [0.05, 0.1) is 12.0 Å². The van der Waals surface area contributed by atoms with Crippen molar-refractivity contribution in [3.8, 4) is 0 Å². The maximum atomic E-state index is 6.80. The Hall–Kier alpha value is -0.233. The molecule has 0 radical (unpaired) electrons. The van der Waals surface area contributed by atoms with Gasteiger partial charge in [-0.05, 0) is 17.5 Å². The van der Waals surface area contributed by atoms with Gasteiger partial charge in [0.15, 0.2) is 6.10 Å². The van der Waals surface area contributed by atoms with Crippen LogP contribution < -0.4 is 0 Å². The van der Waals surface area contributed by atoms with Crippen LogP contribution in [-0.2, 0) is 13.6 Å². The van der Waals surface area contributed by atoms with Crippen molar-refractivity contribution in [2.75, 3.05) is 13.7 Å². The van der Waals surface area contributed by atoms with Crippen LogP contribution in [0.3, 0.4) is 0 Å². The summed E-state index contributed by atoms with van der Waals surface area (Å²) in [5, 5.41) is 0. The maximum Gasteiger partial charge on any atom is 0.344 e. The van der Waals surface area contributed by atoms with E-state index in [0.717, 1.165) is 0 Å². The lowest BCUT2D eigenvalue weighted by Crippen LogP contribution is -2.52. The quantitative estimate of drug-likeness (QED) is 0.591. The second-order valence-electron chi connectivity index (χ2n) is 7.40. The van der Waals surface area contributed by atoms with Crippen LogP contribution in [0.4, 0.5) is 0 Å². The van der Waals surface area contributed by atoms with Gasteiger partial charge in [-0.15, -0.1) is 0 Å². The molecule has 4 nitrogen and oxygen atoms in total. The normalized spacial score (nSPS) is 37.7. The molecule has 3 heterocycles. The van der Waals surface area contributed by atoms with Gasteiger partial charge in [0, 0.05) is 0 Å². The van der Waals surface area contributed by atoms with Crippen LogP contribution in [0.25, 0.3) is 0 Å². The molecule has 3 aliphatic heterocycles. The molecule has 3 aliphatic rings. The van der Waals surface area contributed by atoms with Crippen LogP contribution in [0.15, 0.2) is 0 Å². The molecule has 0 spiro atoms. The molecule has 0 saturated carbocycles. The number of hydrogen-bond acceptors (Lipinski definition) is 3. The van der Waals surface area contributed by atoms with Crippen molar-refractivity contribution < 1.29 is 18.2 Å². The zero-order chi connectivity index (χ0) is 15.4. The molecule has 0 aromatic rings. The maximum absolute atomic E-state index is 6.80. The molecule has 0 aliphatic carbocycles. The standard InChI is InChI=1S/C16H30NO3Si/c1-7-8-12-14-15-13(17(6)16(12)19-15)9-18-21(20-14,10(2)3)11(4)5/h10-12,14-16H,7-9H2,1-6H3/q+1/t12-,14-,15-,16-/m1/s1. The Balaban J connectivity index is 1.98. The molecule has 2 saturated heterocycles. The number of fused-ring (bicyclic) bond motifs is 1. The summed E-state index contributed by atoms with van der Waals surface area (Å²) in [4.78, 5) is 0. The van der Waals surface area contributed by atoms with Gasteiger partial charge in [0.25, 0.3) is 6.23 Å². The fraction of sp³-hybridized carbons (Fsp3) is 0.938. The molecule has 0 aromatic heterocycles. The lowest BCUT2D eigenvalue weighted by Gasteiger charge is -2.38. The predicted octanol–water partition coefficient (Wildman–Crippen LogP) is 2.90. The first-order chi connectivity index (χ1) is 9.92. The molecule has 2 bridgehead atoms. The summed E-state index contributed by atoms with van der Waals surface area (Å²) in [7, 11) is -0.0623. The van der Waals surface area contributed by atoms with Gasteiger partial charge in [0.1, 0.15) is 13.7 Å². The predicted molar refractivity (Wildman–Crippen MR) is 85.0 cm³/mol. The molecule has 5 heteroatoms. The largest absolute Gasteiger partial charge is 0.387 e. The molecule has 120 valence electrons. The van der Waals surface area contributed by atoms with Gasteiger partial charge in [-0.1, -0.05) is 41.0 Å². The van der Waals surface area contributed by atoms with E-state index in [9.17, 15) is 0 Å². The van der Waals surface area contributed by atoms with Crippen molar-refractivity contribution in [3.05, 3.63) is 0 Å². The van der Waals surface area contributed by atoms with Crippen molar-refractivity contribution in [1.82, 2.24) is 0 Å². The second kappa shape index (κ2) is 5.44. The number of rotatable bonds is 4. The third-order valence-corrected chi connectivity index (χ3v) is 9.99. The highest BCUT2D eigenvalue weighted by atomic mass is 28.4. The van der Waals surface area contributed by atoms with Gasteiger partial charge in [-0.25, -0.2) is 4.58 Å². The van der Waals surface area contributed by atoms with Crippen molar-refractivity contribution >= 4 is 14.3 Å². The SMILES string of the molecule is CCC[C@@H]1[C@H]2O[Si](C(C)C)(C(C)C)OCC3=[N+](C)[C@@H]1O[C@H]32. The highest BCUT2D eigenvalue weighted by Gasteiger charge is 2.64. The zero-order valence-corrected chi connectivity index (χ0v) is 15.3. The second-order valence-corrected chi connectivity index (χ2v) is 11.7. The number of ether oxygens (including phenoxy) is 1. The van der Waals surface area contributed by atoms with Gasteiger partial charge in [-0.3, -0.25) is 0 Å². The monoisotopic (exact) mass is 312 g/mol. The topological polar surface area (TPSA) is 30.7 Å².